The summed E-state index contributed by atoms with van der Waals surface area (Å²) < 4.78 is 0. The molecule has 0 radical (unpaired) electrons. The van der Waals surface area contributed by atoms with Crippen molar-refractivity contribution in [1.29, 1.82) is 0 Å². The van der Waals surface area contributed by atoms with Gasteiger partial charge in [0.15, 0.2) is 0 Å². The highest BCUT2D eigenvalue weighted by atomic mass is 35.5. The van der Waals surface area contributed by atoms with E-state index < -0.39 is 0 Å². The fourth-order valence-corrected chi connectivity index (χ4v) is 2.52. The van der Waals surface area contributed by atoms with Crippen LogP contribution in [-0.2, 0) is 0 Å². The van der Waals surface area contributed by atoms with Crippen molar-refractivity contribution in [2.45, 2.75) is 32.2 Å². The zero-order valence-corrected chi connectivity index (χ0v) is 9.80. The Morgan fingerprint density at radius 2 is 2.33 bits per heavy atom. The van der Waals surface area contributed by atoms with Crippen LogP contribution in [0.25, 0.3) is 0 Å². The van der Waals surface area contributed by atoms with Gasteiger partial charge in [0.05, 0.1) is 16.4 Å². The predicted octanol–water partition coefficient (Wildman–Crippen LogP) is 3.30. The number of hydrogen-bond donors (Lipinski definition) is 1. The first-order chi connectivity index (χ1) is 7.24. The standard InChI is InChI=1S/C12H17ClN2/c1-2-9-5-4-8-15(9)11-7-3-6-10(13)12(11)14/h3,6-7,9H,2,4-5,8,14H2,1H3. The molecule has 15 heavy (non-hydrogen) atoms. The van der Waals surface area contributed by atoms with Crippen molar-refractivity contribution >= 4 is 23.0 Å². The number of para-hydroxylation sites is 1. The quantitative estimate of drug-likeness (QED) is 0.782. The Bertz CT molecular complexity index is 351. The molecular formula is C12H17ClN2. The van der Waals surface area contributed by atoms with E-state index in [2.05, 4.69) is 17.9 Å². The number of benzene rings is 1. The molecule has 0 bridgehead atoms. The van der Waals surface area contributed by atoms with Gasteiger partial charge in [-0.1, -0.05) is 24.6 Å². The zero-order valence-electron chi connectivity index (χ0n) is 9.04. The lowest BCUT2D eigenvalue weighted by molar-refractivity contribution is 0.646. The number of nitrogen functional groups attached to an aromatic ring is 1. The van der Waals surface area contributed by atoms with Crippen molar-refractivity contribution in [2.75, 3.05) is 17.2 Å². The van der Waals surface area contributed by atoms with Crippen LogP contribution in [0.3, 0.4) is 0 Å². The molecule has 1 aromatic carbocycles. The molecule has 1 saturated heterocycles. The Labute approximate surface area is 96.0 Å². The van der Waals surface area contributed by atoms with Gasteiger partial charge in [-0.3, -0.25) is 0 Å². The summed E-state index contributed by atoms with van der Waals surface area (Å²) in [5.41, 5.74) is 7.83. The maximum Gasteiger partial charge on any atom is 0.0741 e. The van der Waals surface area contributed by atoms with Gasteiger partial charge in [0.2, 0.25) is 0 Å². The van der Waals surface area contributed by atoms with E-state index in [0.717, 1.165) is 17.9 Å². The molecule has 1 aliphatic heterocycles. The van der Waals surface area contributed by atoms with Gasteiger partial charge >= 0.3 is 0 Å². The van der Waals surface area contributed by atoms with Crippen LogP contribution in [0.2, 0.25) is 5.02 Å². The van der Waals surface area contributed by atoms with E-state index in [9.17, 15) is 0 Å². The Morgan fingerprint density at radius 3 is 3.07 bits per heavy atom. The van der Waals surface area contributed by atoms with Crippen LogP contribution in [0.4, 0.5) is 11.4 Å². The third-order valence-electron chi connectivity index (χ3n) is 3.19. The van der Waals surface area contributed by atoms with E-state index in [1.54, 1.807) is 0 Å². The molecule has 3 heteroatoms. The number of anilines is 2. The van der Waals surface area contributed by atoms with Gasteiger partial charge < -0.3 is 10.6 Å². The highest BCUT2D eigenvalue weighted by Gasteiger charge is 2.24. The maximum absolute atomic E-state index is 6.03. The minimum absolute atomic E-state index is 0.630. The Morgan fingerprint density at radius 1 is 1.53 bits per heavy atom. The smallest absolute Gasteiger partial charge is 0.0741 e. The van der Waals surface area contributed by atoms with Crippen LogP contribution < -0.4 is 10.6 Å². The van der Waals surface area contributed by atoms with Gasteiger partial charge in [0.1, 0.15) is 0 Å². The van der Waals surface area contributed by atoms with Crippen molar-refractivity contribution in [3.8, 4) is 0 Å². The second-order valence-corrected chi connectivity index (χ2v) is 4.48. The lowest BCUT2D eigenvalue weighted by Crippen LogP contribution is -2.29. The fraction of sp³-hybridized carbons (Fsp3) is 0.500. The first kappa shape index (κ1) is 10.6. The van der Waals surface area contributed by atoms with E-state index in [1.807, 2.05) is 12.1 Å². The molecular weight excluding hydrogens is 208 g/mol. The molecule has 2 N–H and O–H groups in total. The van der Waals surface area contributed by atoms with Gasteiger partial charge in [-0.2, -0.15) is 0 Å². The van der Waals surface area contributed by atoms with Crippen molar-refractivity contribution in [2.24, 2.45) is 0 Å². The number of rotatable bonds is 2. The van der Waals surface area contributed by atoms with Crippen molar-refractivity contribution in [1.82, 2.24) is 0 Å². The lowest BCUT2D eigenvalue weighted by Gasteiger charge is -2.27. The summed E-state index contributed by atoms with van der Waals surface area (Å²) in [7, 11) is 0. The normalized spacial score (nSPS) is 20.9. The lowest BCUT2D eigenvalue weighted by atomic mass is 10.1. The third-order valence-corrected chi connectivity index (χ3v) is 3.52. The van der Waals surface area contributed by atoms with E-state index in [0.29, 0.717) is 11.1 Å². The number of halogens is 1. The minimum Gasteiger partial charge on any atom is -0.396 e. The summed E-state index contributed by atoms with van der Waals surface area (Å²) in [6, 6.07) is 6.51. The molecule has 0 saturated carbocycles. The van der Waals surface area contributed by atoms with E-state index in [4.69, 9.17) is 17.3 Å². The number of nitrogens with zero attached hydrogens (tertiary/aromatic N) is 1. The monoisotopic (exact) mass is 224 g/mol. The summed E-state index contributed by atoms with van der Waals surface area (Å²) in [5.74, 6) is 0. The summed E-state index contributed by atoms with van der Waals surface area (Å²) in [6.45, 7) is 3.33. The maximum atomic E-state index is 6.03. The Kier molecular flexibility index (Phi) is 3.06. The van der Waals surface area contributed by atoms with Crippen LogP contribution >= 0.6 is 11.6 Å². The largest absolute Gasteiger partial charge is 0.396 e. The molecule has 0 aromatic heterocycles. The summed E-state index contributed by atoms with van der Waals surface area (Å²) in [6.07, 6.45) is 3.69. The van der Waals surface area contributed by atoms with Crippen LogP contribution in [0.1, 0.15) is 26.2 Å². The summed E-state index contributed by atoms with van der Waals surface area (Å²) in [5, 5.41) is 0.661. The molecule has 1 heterocycles. The number of hydrogen-bond acceptors (Lipinski definition) is 2. The predicted molar refractivity (Wildman–Crippen MR) is 66.5 cm³/mol. The van der Waals surface area contributed by atoms with Crippen LogP contribution in [0.15, 0.2) is 18.2 Å². The molecule has 1 aliphatic rings. The minimum atomic E-state index is 0.630. The second kappa shape index (κ2) is 4.31. The molecule has 0 amide bonds. The summed E-state index contributed by atoms with van der Waals surface area (Å²) in [4.78, 5) is 2.39. The molecule has 82 valence electrons. The molecule has 2 nitrogen and oxygen atoms in total. The van der Waals surface area contributed by atoms with Gasteiger partial charge in [0, 0.05) is 12.6 Å². The molecule has 1 atom stereocenters. The van der Waals surface area contributed by atoms with Gasteiger partial charge in [-0.25, -0.2) is 0 Å². The SMILES string of the molecule is CCC1CCCN1c1cccc(Cl)c1N. The fourth-order valence-electron chi connectivity index (χ4n) is 2.35. The topological polar surface area (TPSA) is 29.3 Å². The van der Waals surface area contributed by atoms with Crippen LogP contribution in [0.5, 0.6) is 0 Å². The molecule has 1 unspecified atom stereocenters. The summed E-state index contributed by atoms with van der Waals surface area (Å²) >= 11 is 6.03. The van der Waals surface area contributed by atoms with E-state index in [1.165, 1.54) is 19.3 Å². The van der Waals surface area contributed by atoms with E-state index in [-0.39, 0.29) is 0 Å². The Balaban J connectivity index is 2.32. The molecule has 1 fully saturated rings. The zero-order chi connectivity index (χ0) is 10.8. The first-order valence-electron chi connectivity index (χ1n) is 5.54. The number of nitrogens with two attached hydrogens (primary N) is 1. The molecule has 2 rings (SSSR count). The second-order valence-electron chi connectivity index (χ2n) is 4.07. The third kappa shape index (κ3) is 1.91. The van der Waals surface area contributed by atoms with Gasteiger partial charge in [0.25, 0.3) is 0 Å². The van der Waals surface area contributed by atoms with Crippen LogP contribution in [0, 0.1) is 0 Å². The molecule has 0 spiro atoms. The highest BCUT2D eigenvalue weighted by molar-refractivity contribution is 6.33. The highest BCUT2D eigenvalue weighted by Crippen LogP contribution is 2.35. The average molecular weight is 225 g/mol. The molecule has 0 aliphatic carbocycles. The Hall–Kier alpha value is -0.890. The van der Waals surface area contributed by atoms with Crippen molar-refractivity contribution in [3.05, 3.63) is 23.2 Å². The van der Waals surface area contributed by atoms with E-state index >= 15 is 0 Å². The average Bonchev–Trinajstić information content (AvgIpc) is 2.70. The van der Waals surface area contributed by atoms with Gasteiger partial charge in [-0.15, -0.1) is 0 Å². The first-order valence-corrected chi connectivity index (χ1v) is 5.92. The van der Waals surface area contributed by atoms with Crippen molar-refractivity contribution in [3.63, 3.8) is 0 Å². The van der Waals surface area contributed by atoms with Gasteiger partial charge in [-0.05, 0) is 31.4 Å². The molecule has 1 aromatic rings. The van der Waals surface area contributed by atoms with Crippen molar-refractivity contribution < 1.29 is 0 Å². The van der Waals surface area contributed by atoms with Crippen LogP contribution in [-0.4, -0.2) is 12.6 Å².